The first-order chi connectivity index (χ1) is 28.8. The molecule has 306 valence electrons. The summed E-state index contributed by atoms with van der Waals surface area (Å²) in [6, 6.07) is 24.0. The zero-order chi connectivity index (χ0) is 40.3. The summed E-state index contributed by atoms with van der Waals surface area (Å²) < 4.78 is 21.8. The van der Waals surface area contributed by atoms with Crippen LogP contribution in [0.2, 0.25) is 5.02 Å². The SMILES string of the molecule is Nc1cc(S(=O)NC(=O)c2ccc(N3CCN(CC4=C(c5ccc(Cl)cc5)CC5(CCC5)CC4)CC3)cc2Cc2cnc3[nH]ccc3c2)ccc1C=NC1CCOCC1. The van der Waals surface area contributed by atoms with Crippen molar-refractivity contribution in [1.82, 2.24) is 19.6 Å². The lowest BCUT2D eigenvalue weighted by molar-refractivity contribution is 0.0872. The van der Waals surface area contributed by atoms with E-state index in [4.69, 9.17) is 22.1 Å². The van der Waals surface area contributed by atoms with Gasteiger partial charge < -0.3 is 20.4 Å². The number of nitrogens with zero attached hydrogens (tertiary/aromatic N) is 4. The number of nitrogens with two attached hydrogens (primary N) is 1. The van der Waals surface area contributed by atoms with Gasteiger partial charge in [0.25, 0.3) is 5.91 Å². The summed E-state index contributed by atoms with van der Waals surface area (Å²) in [4.78, 5) is 31.8. The number of carbonyl (C=O) groups is 1. The number of piperazine rings is 1. The summed E-state index contributed by atoms with van der Waals surface area (Å²) in [7, 11) is -1.83. The van der Waals surface area contributed by atoms with Crippen molar-refractivity contribution in [3.05, 3.63) is 124 Å². The van der Waals surface area contributed by atoms with E-state index in [1.54, 1.807) is 30.0 Å². The predicted molar refractivity (Wildman–Crippen MR) is 239 cm³/mol. The number of pyridine rings is 1. The number of anilines is 2. The molecule has 4 N–H and O–H groups in total. The topological polar surface area (TPSA) is 129 Å². The lowest BCUT2D eigenvalue weighted by atomic mass is 9.59. The third-order valence-corrected chi connectivity index (χ3v) is 14.3. The van der Waals surface area contributed by atoms with E-state index in [2.05, 4.69) is 53.7 Å². The molecule has 1 saturated carbocycles. The Kier molecular flexibility index (Phi) is 11.7. The number of rotatable bonds is 11. The Bertz CT molecular complexity index is 2410. The lowest BCUT2D eigenvalue weighted by Gasteiger charge is -2.47. The number of ether oxygens (including phenoxy) is 1. The third-order valence-electron chi connectivity index (χ3n) is 13.0. The van der Waals surface area contributed by atoms with Gasteiger partial charge in [0.15, 0.2) is 11.0 Å². The van der Waals surface area contributed by atoms with E-state index < -0.39 is 16.9 Å². The van der Waals surface area contributed by atoms with Crippen LogP contribution in [-0.2, 0) is 22.1 Å². The van der Waals surface area contributed by atoms with Crippen LogP contribution in [0.1, 0.15) is 84.0 Å². The number of H-pyrrole nitrogens is 1. The number of aromatic nitrogens is 2. The van der Waals surface area contributed by atoms with Gasteiger partial charge >= 0.3 is 0 Å². The molecule has 2 saturated heterocycles. The Labute approximate surface area is 353 Å². The standard InChI is InChI=1S/C47H52ClN7O3S/c48-38-5-2-33(3-6-38)43-28-47(14-1-15-47)16-10-36(43)31-54-18-20-55(21-19-54)40-7-9-42(37(26-40)25-32-24-34-11-17-50-45(34)52-29-32)46(56)53-59(57)41-8-4-35(44(49)27-41)30-51-39-12-22-58-23-13-39/h2-9,11,17,24,26-27,29-30,39H,1,10,12-16,18-23,25,28,31,49H2,(H,50,52)(H,53,56). The fourth-order valence-electron chi connectivity index (χ4n) is 9.28. The number of hydrogen-bond donors (Lipinski definition) is 3. The van der Waals surface area contributed by atoms with Crippen LogP contribution >= 0.6 is 11.6 Å². The van der Waals surface area contributed by atoms with Gasteiger partial charge in [0, 0.05) is 97.5 Å². The molecule has 2 aliphatic heterocycles. The largest absolute Gasteiger partial charge is 0.398 e. The van der Waals surface area contributed by atoms with Gasteiger partial charge in [-0.25, -0.2) is 9.19 Å². The number of carbonyl (C=O) groups excluding carboxylic acids is 1. The van der Waals surface area contributed by atoms with E-state index in [0.29, 0.717) is 41.2 Å². The van der Waals surface area contributed by atoms with Gasteiger partial charge in [-0.1, -0.05) is 41.8 Å². The molecule has 1 amide bonds. The quantitative estimate of drug-likeness (QED) is 0.0902. The van der Waals surface area contributed by atoms with Crippen LogP contribution in [0.15, 0.2) is 101 Å². The summed E-state index contributed by atoms with van der Waals surface area (Å²) in [5.74, 6) is -0.407. The normalized spacial score (nSPS) is 19.4. The Morgan fingerprint density at radius 3 is 2.59 bits per heavy atom. The fourth-order valence-corrected chi connectivity index (χ4v) is 10.2. The number of aliphatic imine (C=N–C) groups is 1. The van der Waals surface area contributed by atoms with Crippen LogP contribution < -0.4 is 15.4 Å². The summed E-state index contributed by atoms with van der Waals surface area (Å²) in [5.41, 5.74) is 16.7. The second-order valence-electron chi connectivity index (χ2n) is 16.8. The number of halogens is 1. The minimum atomic E-state index is -1.83. The molecule has 10 nitrogen and oxygen atoms in total. The van der Waals surface area contributed by atoms with Gasteiger partial charge in [-0.3, -0.25) is 19.4 Å². The third kappa shape index (κ3) is 9.04. The van der Waals surface area contributed by atoms with Crippen molar-refractivity contribution in [2.45, 2.75) is 68.7 Å². The minimum Gasteiger partial charge on any atom is -0.398 e. The fraction of sp³-hybridized carbons (Fsp3) is 0.383. The Hall–Kier alpha value is -4.81. The highest BCUT2D eigenvalue weighted by atomic mass is 35.5. The molecule has 0 radical (unpaired) electrons. The average Bonchev–Trinajstić information content (AvgIpc) is 3.72. The first-order valence-corrected chi connectivity index (χ1v) is 22.5. The first kappa shape index (κ1) is 39.6. The Balaban J connectivity index is 0.904. The molecule has 9 rings (SSSR count). The van der Waals surface area contributed by atoms with Gasteiger partial charge in [0.2, 0.25) is 0 Å². The zero-order valence-electron chi connectivity index (χ0n) is 33.4. The number of allylic oxidation sites excluding steroid dienone is 1. The second kappa shape index (κ2) is 17.4. The van der Waals surface area contributed by atoms with E-state index >= 15 is 0 Å². The molecule has 12 heteroatoms. The summed E-state index contributed by atoms with van der Waals surface area (Å²) in [6.07, 6.45) is 15.5. The van der Waals surface area contributed by atoms with Crippen molar-refractivity contribution in [2.24, 2.45) is 10.4 Å². The van der Waals surface area contributed by atoms with E-state index in [1.807, 2.05) is 42.7 Å². The van der Waals surface area contributed by atoms with E-state index in [0.717, 1.165) is 84.0 Å². The summed E-state index contributed by atoms with van der Waals surface area (Å²) in [5, 5.41) is 1.79. The van der Waals surface area contributed by atoms with Crippen LogP contribution in [0.3, 0.4) is 0 Å². The molecule has 4 aliphatic rings. The van der Waals surface area contributed by atoms with Crippen molar-refractivity contribution in [2.75, 3.05) is 56.6 Å². The smallest absolute Gasteiger partial charge is 0.263 e. The molecule has 59 heavy (non-hydrogen) atoms. The Morgan fingerprint density at radius 1 is 1.02 bits per heavy atom. The van der Waals surface area contributed by atoms with E-state index in [1.165, 1.54) is 49.7 Å². The molecular weight excluding hydrogens is 778 g/mol. The van der Waals surface area contributed by atoms with Crippen molar-refractivity contribution < 1.29 is 13.7 Å². The molecule has 0 bridgehead atoms. The molecule has 1 spiro atoms. The first-order valence-electron chi connectivity index (χ1n) is 21.0. The lowest BCUT2D eigenvalue weighted by Crippen LogP contribution is -2.47. The minimum absolute atomic E-state index is 0.209. The molecule has 2 aromatic heterocycles. The molecule has 1 unspecified atom stereocenters. The van der Waals surface area contributed by atoms with Crippen LogP contribution in [0.25, 0.3) is 16.6 Å². The predicted octanol–water partition coefficient (Wildman–Crippen LogP) is 8.37. The van der Waals surface area contributed by atoms with Crippen LogP contribution in [-0.4, -0.2) is 83.2 Å². The van der Waals surface area contributed by atoms with E-state index in [-0.39, 0.29) is 6.04 Å². The average molecular weight is 830 g/mol. The number of hydrogen-bond acceptors (Lipinski definition) is 8. The van der Waals surface area contributed by atoms with Crippen molar-refractivity contribution in [3.8, 4) is 0 Å². The van der Waals surface area contributed by atoms with Crippen LogP contribution in [0.4, 0.5) is 11.4 Å². The monoisotopic (exact) mass is 829 g/mol. The highest BCUT2D eigenvalue weighted by molar-refractivity contribution is 7.83. The summed E-state index contributed by atoms with van der Waals surface area (Å²) in [6.45, 7) is 6.10. The number of amides is 1. The molecule has 5 aromatic rings. The number of aromatic amines is 1. The molecule has 4 heterocycles. The van der Waals surface area contributed by atoms with E-state index in [9.17, 15) is 9.00 Å². The number of benzene rings is 3. The van der Waals surface area contributed by atoms with Crippen LogP contribution in [0, 0.1) is 5.41 Å². The maximum atomic E-state index is 13.9. The van der Waals surface area contributed by atoms with Gasteiger partial charge in [0.1, 0.15) is 5.65 Å². The molecule has 3 fully saturated rings. The molecule has 1 atom stereocenters. The zero-order valence-corrected chi connectivity index (χ0v) is 35.0. The second-order valence-corrected chi connectivity index (χ2v) is 18.4. The number of fused-ring (bicyclic) bond motifs is 1. The molecule has 2 aliphatic carbocycles. The van der Waals surface area contributed by atoms with Crippen molar-refractivity contribution in [3.63, 3.8) is 0 Å². The Morgan fingerprint density at radius 2 is 1.83 bits per heavy atom. The van der Waals surface area contributed by atoms with Crippen LogP contribution in [0.5, 0.6) is 0 Å². The van der Waals surface area contributed by atoms with Gasteiger partial charge in [-0.2, -0.15) is 0 Å². The number of nitrogens with one attached hydrogen (secondary N) is 2. The maximum absolute atomic E-state index is 13.9. The van der Waals surface area contributed by atoms with Gasteiger partial charge in [-0.15, -0.1) is 0 Å². The maximum Gasteiger partial charge on any atom is 0.263 e. The van der Waals surface area contributed by atoms with Gasteiger partial charge in [-0.05, 0) is 134 Å². The highest BCUT2D eigenvalue weighted by Crippen LogP contribution is 2.55. The molecule has 3 aromatic carbocycles. The van der Waals surface area contributed by atoms with Gasteiger partial charge in [0.05, 0.1) is 10.9 Å². The number of nitrogen functional groups attached to an aromatic ring is 1. The molecular formula is C47H52ClN7O3S. The summed E-state index contributed by atoms with van der Waals surface area (Å²) >= 11 is 6.30. The van der Waals surface area contributed by atoms with Crippen molar-refractivity contribution in [1.29, 1.82) is 0 Å². The highest BCUT2D eigenvalue weighted by Gasteiger charge is 2.41. The van der Waals surface area contributed by atoms with Crippen molar-refractivity contribution >= 4 is 62.7 Å².